The largest absolute Gasteiger partial charge is 0.484 e. The van der Waals surface area contributed by atoms with Crippen LogP contribution in [-0.4, -0.2) is 32.3 Å². The van der Waals surface area contributed by atoms with E-state index in [9.17, 15) is 9.59 Å². The molecule has 1 fully saturated rings. The van der Waals surface area contributed by atoms with E-state index < -0.39 is 0 Å². The van der Waals surface area contributed by atoms with Crippen LogP contribution < -0.4 is 15.5 Å². The fourth-order valence-corrected chi connectivity index (χ4v) is 3.28. The van der Waals surface area contributed by atoms with Gasteiger partial charge in [-0.15, -0.1) is 0 Å². The number of para-hydroxylation sites is 1. The SMILES string of the molecule is O=C(COc1ccc2c(=O)c3ccccc3oc2c1)NCC1CCOCC1. The van der Waals surface area contributed by atoms with E-state index in [1.54, 1.807) is 30.3 Å². The van der Waals surface area contributed by atoms with Crippen LogP contribution in [0.5, 0.6) is 5.75 Å². The lowest BCUT2D eigenvalue weighted by atomic mass is 10.0. The highest BCUT2D eigenvalue weighted by Crippen LogP contribution is 2.22. The highest BCUT2D eigenvalue weighted by molar-refractivity contribution is 5.90. The van der Waals surface area contributed by atoms with Gasteiger partial charge in [-0.2, -0.15) is 0 Å². The van der Waals surface area contributed by atoms with Gasteiger partial charge in [0.25, 0.3) is 5.91 Å². The molecule has 6 nitrogen and oxygen atoms in total. The van der Waals surface area contributed by atoms with Crippen LogP contribution in [0.1, 0.15) is 12.8 Å². The Balaban J connectivity index is 1.42. The lowest BCUT2D eigenvalue weighted by molar-refractivity contribution is -0.123. The molecule has 1 saturated heterocycles. The van der Waals surface area contributed by atoms with Crippen LogP contribution in [0.3, 0.4) is 0 Å². The van der Waals surface area contributed by atoms with Crippen LogP contribution in [0.15, 0.2) is 51.7 Å². The van der Waals surface area contributed by atoms with Crippen molar-refractivity contribution in [3.8, 4) is 5.75 Å². The molecule has 0 atom stereocenters. The lowest BCUT2D eigenvalue weighted by Gasteiger charge is -2.22. The van der Waals surface area contributed by atoms with Crippen LogP contribution in [0.25, 0.3) is 21.9 Å². The van der Waals surface area contributed by atoms with Gasteiger partial charge in [0.1, 0.15) is 16.9 Å². The smallest absolute Gasteiger partial charge is 0.257 e. The number of nitrogens with one attached hydrogen (secondary N) is 1. The highest BCUT2D eigenvalue weighted by Gasteiger charge is 2.15. The molecule has 1 aromatic heterocycles. The van der Waals surface area contributed by atoms with Crippen LogP contribution in [0.4, 0.5) is 0 Å². The zero-order valence-corrected chi connectivity index (χ0v) is 14.9. The van der Waals surface area contributed by atoms with Gasteiger partial charge in [0.2, 0.25) is 5.43 Å². The molecule has 140 valence electrons. The summed E-state index contributed by atoms with van der Waals surface area (Å²) >= 11 is 0. The normalized spacial score (nSPS) is 15.1. The van der Waals surface area contributed by atoms with Gasteiger partial charge in [-0.1, -0.05) is 12.1 Å². The molecule has 1 amide bonds. The maximum Gasteiger partial charge on any atom is 0.257 e. The third-order valence-corrected chi connectivity index (χ3v) is 4.85. The maximum absolute atomic E-state index is 12.5. The molecule has 6 heteroatoms. The molecular weight excluding hydrogens is 346 g/mol. The van der Waals surface area contributed by atoms with E-state index in [4.69, 9.17) is 13.9 Å². The van der Waals surface area contributed by atoms with Crippen molar-refractivity contribution >= 4 is 27.8 Å². The van der Waals surface area contributed by atoms with Crippen molar-refractivity contribution in [1.82, 2.24) is 5.32 Å². The van der Waals surface area contributed by atoms with E-state index >= 15 is 0 Å². The Morgan fingerprint density at radius 2 is 1.85 bits per heavy atom. The van der Waals surface area contributed by atoms with Gasteiger partial charge in [0.05, 0.1) is 10.8 Å². The van der Waals surface area contributed by atoms with Crippen LogP contribution in [-0.2, 0) is 9.53 Å². The summed E-state index contributed by atoms with van der Waals surface area (Å²) < 4.78 is 16.7. The van der Waals surface area contributed by atoms with Gasteiger partial charge in [0.15, 0.2) is 6.61 Å². The minimum absolute atomic E-state index is 0.0763. The summed E-state index contributed by atoms with van der Waals surface area (Å²) in [7, 11) is 0. The Labute approximate surface area is 156 Å². The van der Waals surface area contributed by atoms with E-state index in [1.165, 1.54) is 0 Å². The number of amides is 1. The summed E-state index contributed by atoms with van der Waals surface area (Å²) in [5, 5.41) is 3.94. The van der Waals surface area contributed by atoms with Crippen molar-refractivity contribution in [2.45, 2.75) is 12.8 Å². The molecule has 1 aliphatic rings. The highest BCUT2D eigenvalue weighted by atomic mass is 16.5. The Bertz CT molecular complexity index is 1020. The minimum Gasteiger partial charge on any atom is -0.484 e. The van der Waals surface area contributed by atoms with E-state index in [-0.39, 0.29) is 17.9 Å². The number of hydrogen-bond acceptors (Lipinski definition) is 5. The summed E-state index contributed by atoms with van der Waals surface area (Å²) in [6, 6.07) is 12.1. The first-order chi connectivity index (χ1) is 13.2. The topological polar surface area (TPSA) is 77.8 Å². The van der Waals surface area contributed by atoms with Gasteiger partial charge < -0.3 is 19.2 Å². The van der Waals surface area contributed by atoms with Crippen molar-refractivity contribution in [3.05, 3.63) is 52.7 Å². The Morgan fingerprint density at radius 1 is 1.07 bits per heavy atom. The molecule has 0 spiro atoms. The van der Waals surface area contributed by atoms with E-state index in [1.807, 2.05) is 12.1 Å². The molecule has 1 aliphatic heterocycles. The fraction of sp³-hybridized carbons (Fsp3) is 0.333. The predicted octanol–water partition coefficient (Wildman–Crippen LogP) is 2.87. The maximum atomic E-state index is 12.5. The number of rotatable bonds is 5. The molecule has 27 heavy (non-hydrogen) atoms. The summed E-state index contributed by atoms with van der Waals surface area (Å²) in [6.07, 6.45) is 1.94. The van der Waals surface area contributed by atoms with Crippen molar-refractivity contribution < 1.29 is 18.7 Å². The van der Waals surface area contributed by atoms with Crippen LogP contribution in [0.2, 0.25) is 0 Å². The first kappa shape index (κ1) is 17.5. The third kappa shape index (κ3) is 3.95. The number of ether oxygens (including phenoxy) is 2. The number of benzene rings is 2. The van der Waals surface area contributed by atoms with Crippen molar-refractivity contribution in [2.24, 2.45) is 5.92 Å². The Morgan fingerprint density at radius 3 is 2.70 bits per heavy atom. The summed E-state index contributed by atoms with van der Waals surface area (Å²) in [5.41, 5.74) is 0.896. The molecule has 0 unspecified atom stereocenters. The molecule has 2 heterocycles. The molecule has 0 saturated carbocycles. The van der Waals surface area contributed by atoms with Gasteiger partial charge in [-0.25, -0.2) is 0 Å². The standard InChI is InChI=1S/C21H21NO5/c23-20(22-12-14-7-9-25-10-8-14)13-26-15-5-6-17-19(11-15)27-18-4-2-1-3-16(18)21(17)24/h1-6,11,14H,7-10,12-13H2,(H,22,23). The molecule has 1 N–H and O–H groups in total. The minimum atomic E-state index is -0.165. The Hall–Kier alpha value is -2.86. The molecule has 2 aromatic carbocycles. The summed E-state index contributed by atoms with van der Waals surface area (Å²) in [4.78, 5) is 24.5. The van der Waals surface area contributed by atoms with Gasteiger partial charge in [-0.3, -0.25) is 9.59 Å². The molecule has 0 aliphatic carbocycles. The van der Waals surface area contributed by atoms with Gasteiger partial charge in [-0.05, 0) is 43.0 Å². The van der Waals surface area contributed by atoms with Crippen molar-refractivity contribution in [1.29, 1.82) is 0 Å². The molecule has 3 aromatic rings. The molecule has 4 rings (SSSR count). The fourth-order valence-electron chi connectivity index (χ4n) is 3.28. The molecule has 0 bridgehead atoms. The van der Waals surface area contributed by atoms with E-state index in [0.29, 0.717) is 40.2 Å². The second kappa shape index (κ2) is 7.80. The second-order valence-corrected chi connectivity index (χ2v) is 6.73. The lowest BCUT2D eigenvalue weighted by Crippen LogP contribution is -2.35. The third-order valence-electron chi connectivity index (χ3n) is 4.85. The quantitative estimate of drug-likeness (QED) is 0.702. The summed E-state index contributed by atoms with van der Waals surface area (Å²) in [5.74, 6) is 0.787. The Kier molecular flexibility index (Phi) is 5.07. The second-order valence-electron chi connectivity index (χ2n) is 6.73. The summed E-state index contributed by atoms with van der Waals surface area (Å²) in [6.45, 7) is 2.08. The number of carbonyl (C=O) groups is 1. The van der Waals surface area contributed by atoms with Crippen molar-refractivity contribution in [2.75, 3.05) is 26.4 Å². The molecular formula is C21H21NO5. The predicted molar refractivity (Wildman–Crippen MR) is 102 cm³/mol. The average molecular weight is 367 g/mol. The number of carbonyl (C=O) groups excluding carboxylic acids is 1. The zero-order valence-electron chi connectivity index (χ0n) is 14.9. The van der Waals surface area contributed by atoms with E-state index in [0.717, 1.165) is 26.1 Å². The van der Waals surface area contributed by atoms with Crippen LogP contribution >= 0.6 is 0 Å². The first-order valence-corrected chi connectivity index (χ1v) is 9.13. The number of hydrogen-bond donors (Lipinski definition) is 1. The number of fused-ring (bicyclic) bond motifs is 2. The van der Waals surface area contributed by atoms with Crippen LogP contribution in [0, 0.1) is 5.92 Å². The monoisotopic (exact) mass is 367 g/mol. The average Bonchev–Trinajstić information content (AvgIpc) is 2.71. The van der Waals surface area contributed by atoms with Gasteiger partial charge >= 0.3 is 0 Å². The zero-order chi connectivity index (χ0) is 18.6. The van der Waals surface area contributed by atoms with E-state index in [2.05, 4.69) is 5.32 Å². The first-order valence-electron chi connectivity index (χ1n) is 9.13. The van der Waals surface area contributed by atoms with Crippen molar-refractivity contribution in [3.63, 3.8) is 0 Å². The molecule has 0 radical (unpaired) electrons. The van der Waals surface area contributed by atoms with Gasteiger partial charge in [0, 0.05) is 25.8 Å².